The van der Waals surface area contributed by atoms with Crippen molar-refractivity contribution in [3.8, 4) is 0 Å². The fourth-order valence-corrected chi connectivity index (χ4v) is 1.14. The molecule has 5 nitrogen and oxygen atoms in total. The van der Waals surface area contributed by atoms with Crippen molar-refractivity contribution < 1.29 is 19.1 Å². The number of hydrogen-bond acceptors (Lipinski definition) is 4. The third kappa shape index (κ3) is 4.46. The highest BCUT2D eigenvalue weighted by atomic mass is 16.5. The van der Waals surface area contributed by atoms with Crippen LogP contribution in [0.4, 0.5) is 5.69 Å². The molecule has 1 rings (SSSR count). The van der Waals surface area contributed by atoms with Gasteiger partial charge in [0.25, 0.3) is 0 Å². The number of nitrogens with one attached hydrogen (secondary N) is 1. The second-order valence-electron chi connectivity index (χ2n) is 3.54. The quantitative estimate of drug-likeness (QED) is 0.800. The number of ketones is 1. The molecule has 17 heavy (non-hydrogen) atoms. The zero-order valence-corrected chi connectivity index (χ0v) is 9.65. The molecule has 0 unspecified atom stereocenters. The van der Waals surface area contributed by atoms with Crippen LogP contribution in [0.3, 0.4) is 0 Å². The standard InChI is InChI=1S/C12H13NO4/c1-8(14)7-17-12(16)10-3-5-11(6-4-10)13-9(2)15/h3-6H,7H2,1-2H3,(H,13,15). The van der Waals surface area contributed by atoms with Crippen LogP contribution in [0.15, 0.2) is 24.3 Å². The lowest BCUT2D eigenvalue weighted by Crippen LogP contribution is -2.11. The molecule has 0 bridgehead atoms. The zero-order chi connectivity index (χ0) is 12.8. The van der Waals surface area contributed by atoms with Gasteiger partial charge in [-0.25, -0.2) is 4.79 Å². The van der Waals surface area contributed by atoms with Crippen molar-refractivity contribution in [2.24, 2.45) is 0 Å². The molecule has 1 N–H and O–H groups in total. The minimum absolute atomic E-state index is 0.183. The molecule has 0 fully saturated rings. The summed E-state index contributed by atoms with van der Waals surface area (Å²) in [6, 6.07) is 6.22. The Balaban J connectivity index is 2.63. The van der Waals surface area contributed by atoms with Crippen molar-refractivity contribution in [3.63, 3.8) is 0 Å². The number of hydrogen-bond donors (Lipinski definition) is 1. The van der Waals surface area contributed by atoms with Crippen molar-refractivity contribution in [1.29, 1.82) is 0 Å². The molecule has 0 saturated heterocycles. The van der Waals surface area contributed by atoms with E-state index in [9.17, 15) is 14.4 Å². The summed E-state index contributed by atoms with van der Waals surface area (Å²) >= 11 is 0. The number of esters is 1. The first kappa shape index (κ1) is 12.9. The predicted molar refractivity (Wildman–Crippen MR) is 61.7 cm³/mol. The molecule has 0 radical (unpaired) electrons. The Bertz CT molecular complexity index is 436. The Kier molecular flexibility index (Phi) is 4.39. The normalized spacial score (nSPS) is 9.53. The molecule has 0 aliphatic rings. The van der Waals surface area contributed by atoms with Crippen LogP contribution >= 0.6 is 0 Å². The SMILES string of the molecule is CC(=O)COC(=O)c1ccc(NC(C)=O)cc1. The van der Waals surface area contributed by atoms with Gasteiger partial charge in [0.1, 0.15) is 6.61 Å². The molecule has 0 saturated carbocycles. The minimum atomic E-state index is -0.561. The van der Waals surface area contributed by atoms with Crippen LogP contribution in [0.1, 0.15) is 24.2 Å². The number of carbonyl (C=O) groups is 3. The maximum absolute atomic E-state index is 11.4. The number of carbonyl (C=O) groups excluding carboxylic acids is 3. The summed E-state index contributed by atoms with van der Waals surface area (Å²) in [5.74, 6) is -0.959. The van der Waals surface area contributed by atoms with E-state index < -0.39 is 5.97 Å². The van der Waals surface area contributed by atoms with Crippen molar-refractivity contribution in [2.75, 3.05) is 11.9 Å². The first-order chi connectivity index (χ1) is 7.99. The van der Waals surface area contributed by atoms with Gasteiger partial charge in [0, 0.05) is 12.6 Å². The molecule has 1 aromatic rings. The van der Waals surface area contributed by atoms with Gasteiger partial charge in [0.15, 0.2) is 5.78 Å². The smallest absolute Gasteiger partial charge is 0.338 e. The van der Waals surface area contributed by atoms with Crippen LogP contribution < -0.4 is 5.32 Å². The van der Waals surface area contributed by atoms with Gasteiger partial charge in [0.05, 0.1) is 5.56 Å². The summed E-state index contributed by atoms with van der Waals surface area (Å²) < 4.78 is 4.73. The molecule has 5 heteroatoms. The van der Waals surface area contributed by atoms with E-state index in [1.165, 1.54) is 26.0 Å². The van der Waals surface area contributed by atoms with Gasteiger partial charge in [-0.1, -0.05) is 0 Å². The molecule has 0 aliphatic heterocycles. The van der Waals surface area contributed by atoms with Crippen LogP contribution in [0.25, 0.3) is 0 Å². The van der Waals surface area contributed by atoms with Crippen LogP contribution in [0, 0.1) is 0 Å². The van der Waals surface area contributed by atoms with Gasteiger partial charge in [-0.15, -0.1) is 0 Å². The minimum Gasteiger partial charge on any atom is -0.454 e. The van der Waals surface area contributed by atoms with E-state index in [4.69, 9.17) is 4.74 Å². The summed E-state index contributed by atoms with van der Waals surface area (Å²) in [6.07, 6.45) is 0. The number of rotatable bonds is 4. The van der Waals surface area contributed by atoms with Crippen molar-refractivity contribution in [1.82, 2.24) is 0 Å². The summed E-state index contributed by atoms with van der Waals surface area (Å²) in [5.41, 5.74) is 0.931. The predicted octanol–water partition coefficient (Wildman–Crippen LogP) is 1.39. The summed E-state index contributed by atoms with van der Waals surface area (Å²) in [7, 11) is 0. The van der Waals surface area contributed by atoms with Crippen LogP contribution in [-0.4, -0.2) is 24.3 Å². The second kappa shape index (κ2) is 5.79. The Morgan fingerprint density at radius 1 is 1.12 bits per heavy atom. The fourth-order valence-electron chi connectivity index (χ4n) is 1.14. The van der Waals surface area contributed by atoms with E-state index in [1.54, 1.807) is 12.1 Å². The highest BCUT2D eigenvalue weighted by Gasteiger charge is 2.08. The molecule has 0 aliphatic carbocycles. The van der Waals surface area contributed by atoms with Gasteiger partial charge in [-0.2, -0.15) is 0 Å². The molecule has 1 aromatic carbocycles. The lowest BCUT2D eigenvalue weighted by Gasteiger charge is -2.04. The molecular weight excluding hydrogens is 222 g/mol. The highest BCUT2D eigenvalue weighted by Crippen LogP contribution is 2.10. The summed E-state index contributed by atoms with van der Waals surface area (Å²) in [4.78, 5) is 32.8. The summed E-state index contributed by atoms with van der Waals surface area (Å²) in [5, 5.41) is 2.58. The van der Waals surface area contributed by atoms with E-state index in [-0.39, 0.29) is 18.3 Å². The van der Waals surface area contributed by atoms with Gasteiger partial charge in [-0.3, -0.25) is 9.59 Å². The van der Waals surface area contributed by atoms with Gasteiger partial charge >= 0.3 is 5.97 Å². The Labute approximate surface area is 98.8 Å². The number of amides is 1. The van der Waals surface area contributed by atoms with Gasteiger partial charge in [0.2, 0.25) is 5.91 Å². The number of Topliss-reactive ketones (excluding diaryl/α,β-unsaturated/α-hetero) is 1. The van der Waals surface area contributed by atoms with Crippen molar-refractivity contribution in [3.05, 3.63) is 29.8 Å². The monoisotopic (exact) mass is 235 g/mol. The third-order valence-electron chi connectivity index (χ3n) is 1.85. The second-order valence-corrected chi connectivity index (χ2v) is 3.54. The Morgan fingerprint density at radius 3 is 2.18 bits per heavy atom. The maximum Gasteiger partial charge on any atom is 0.338 e. The van der Waals surface area contributed by atoms with Crippen molar-refractivity contribution in [2.45, 2.75) is 13.8 Å². The molecular formula is C12H13NO4. The van der Waals surface area contributed by atoms with E-state index in [0.29, 0.717) is 11.3 Å². The molecule has 0 heterocycles. The van der Waals surface area contributed by atoms with Crippen LogP contribution in [0.2, 0.25) is 0 Å². The van der Waals surface area contributed by atoms with Crippen molar-refractivity contribution >= 4 is 23.3 Å². The van der Waals surface area contributed by atoms with E-state index in [0.717, 1.165) is 0 Å². The maximum atomic E-state index is 11.4. The molecule has 0 spiro atoms. The molecule has 0 aromatic heterocycles. The Morgan fingerprint density at radius 2 is 1.71 bits per heavy atom. The van der Waals surface area contributed by atoms with E-state index in [1.807, 2.05) is 0 Å². The lowest BCUT2D eigenvalue weighted by atomic mass is 10.2. The molecule has 0 atom stereocenters. The fraction of sp³-hybridized carbons (Fsp3) is 0.250. The van der Waals surface area contributed by atoms with E-state index >= 15 is 0 Å². The zero-order valence-electron chi connectivity index (χ0n) is 9.65. The lowest BCUT2D eigenvalue weighted by molar-refractivity contribution is -0.120. The average molecular weight is 235 g/mol. The third-order valence-corrected chi connectivity index (χ3v) is 1.85. The van der Waals surface area contributed by atoms with Crippen LogP contribution in [-0.2, 0) is 14.3 Å². The first-order valence-electron chi connectivity index (χ1n) is 5.03. The molecule has 1 amide bonds. The Hall–Kier alpha value is -2.17. The number of ether oxygens (including phenoxy) is 1. The van der Waals surface area contributed by atoms with E-state index in [2.05, 4.69) is 5.32 Å². The number of anilines is 1. The van der Waals surface area contributed by atoms with Crippen LogP contribution in [0.5, 0.6) is 0 Å². The van der Waals surface area contributed by atoms with Gasteiger partial charge in [-0.05, 0) is 31.2 Å². The molecule has 90 valence electrons. The topological polar surface area (TPSA) is 72.5 Å². The number of benzene rings is 1. The van der Waals surface area contributed by atoms with Gasteiger partial charge < -0.3 is 10.1 Å². The average Bonchev–Trinajstić information content (AvgIpc) is 2.26. The summed E-state index contributed by atoms with van der Waals surface area (Å²) in [6.45, 7) is 2.51. The largest absolute Gasteiger partial charge is 0.454 e. The first-order valence-corrected chi connectivity index (χ1v) is 5.03. The highest BCUT2D eigenvalue weighted by molar-refractivity contribution is 5.93.